The molecule has 1 aromatic heterocycles. The van der Waals surface area contributed by atoms with Gasteiger partial charge in [0, 0.05) is 75.7 Å². The van der Waals surface area contributed by atoms with Crippen LogP contribution in [0, 0.1) is 0 Å². The summed E-state index contributed by atoms with van der Waals surface area (Å²) in [5.74, 6) is -1.05. The number of aromatic nitrogens is 1. The number of amides is 1. The molecule has 0 unspecified atom stereocenters. The van der Waals surface area contributed by atoms with Crippen LogP contribution < -0.4 is 9.47 Å². The molecule has 3 aromatic rings. The maximum atomic E-state index is 13.8. The molecule has 2 aliphatic rings. The van der Waals surface area contributed by atoms with Crippen LogP contribution in [-0.2, 0) is 31.7 Å². The molecule has 3 heterocycles. The third kappa shape index (κ3) is 9.81. The van der Waals surface area contributed by atoms with Gasteiger partial charge < -0.3 is 14.4 Å². The zero-order valence-electron chi connectivity index (χ0n) is 26.1. The molecule has 0 N–H and O–H groups in total. The highest BCUT2D eigenvalue weighted by Gasteiger charge is 2.37. The van der Waals surface area contributed by atoms with E-state index < -0.39 is 35.4 Å². The SMILES string of the molecule is COc1cc(C(=O)N2CCN(CCN3CCc4ncccc4C3)C[C@H]2Cc2ccc(C(F)(F)F)c(OC)c2)cc(C(F)(F)F)c1.Cl.Cl.Cl. The van der Waals surface area contributed by atoms with E-state index in [2.05, 4.69) is 20.9 Å². The first-order chi connectivity index (χ1) is 21.4. The molecule has 2 aliphatic heterocycles. The van der Waals surface area contributed by atoms with Gasteiger partial charge in [-0.1, -0.05) is 12.1 Å². The average molecular weight is 746 g/mol. The minimum absolute atomic E-state index is 0. The van der Waals surface area contributed by atoms with Crippen molar-refractivity contribution < 1.29 is 40.6 Å². The van der Waals surface area contributed by atoms with Crippen LogP contribution in [0.15, 0.2) is 54.7 Å². The van der Waals surface area contributed by atoms with E-state index in [1.807, 2.05) is 6.07 Å². The van der Waals surface area contributed by atoms with Gasteiger partial charge in [-0.05, 0) is 53.9 Å². The summed E-state index contributed by atoms with van der Waals surface area (Å²) in [4.78, 5) is 24.2. The van der Waals surface area contributed by atoms with Gasteiger partial charge in [-0.2, -0.15) is 26.3 Å². The number of ether oxygens (including phenoxy) is 2. The molecule has 1 atom stereocenters. The lowest BCUT2D eigenvalue weighted by Crippen LogP contribution is -2.57. The Morgan fingerprint density at radius 2 is 1.60 bits per heavy atom. The smallest absolute Gasteiger partial charge is 0.419 e. The minimum atomic E-state index is -4.69. The van der Waals surface area contributed by atoms with E-state index in [1.54, 1.807) is 6.20 Å². The number of benzene rings is 2. The average Bonchev–Trinajstić information content (AvgIpc) is 3.02. The van der Waals surface area contributed by atoms with E-state index >= 15 is 0 Å². The van der Waals surface area contributed by atoms with E-state index in [0.29, 0.717) is 25.2 Å². The van der Waals surface area contributed by atoms with E-state index in [4.69, 9.17) is 9.47 Å². The second-order valence-electron chi connectivity index (χ2n) is 11.3. The lowest BCUT2D eigenvalue weighted by Gasteiger charge is -2.42. The number of carbonyl (C=O) groups is 1. The number of rotatable bonds is 8. The highest BCUT2D eigenvalue weighted by molar-refractivity contribution is 5.95. The Kier molecular flexibility index (Phi) is 14.7. The number of methoxy groups -OCH3 is 2. The van der Waals surface area contributed by atoms with Crippen LogP contribution in [0.1, 0.15) is 38.3 Å². The number of piperazine rings is 1. The van der Waals surface area contributed by atoms with Crippen molar-refractivity contribution in [3.63, 3.8) is 0 Å². The molecule has 2 aromatic carbocycles. The molecule has 7 nitrogen and oxygen atoms in total. The summed E-state index contributed by atoms with van der Waals surface area (Å²) in [6.45, 7) is 4.17. The monoisotopic (exact) mass is 744 g/mol. The summed E-state index contributed by atoms with van der Waals surface area (Å²) in [5, 5.41) is 0. The lowest BCUT2D eigenvalue weighted by molar-refractivity contribution is -0.139. The standard InChI is InChI=1S/C32H34F6N4O3.3ClH/c1-44-26-17-23(16-24(18-26)31(33,34)35)30(43)42-13-12-41(11-10-40-9-7-28-22(19-40)4-3-8-39-28)20-25(42)14-21-5-6-27(32(36,37)38)29(15-21)45-2;;;/h3-6,8,15-18,25H,7,9-14,19-20H2,1-2H3;3*1H/t25-;;;/m1.../s1. The van der Waals surface area contributed by atoms with Crippen LogP contribution in [0.2, 0.25) is 0 Å². The molecule has 0 saturated carbocycles. The van der Waals surface area contributed by atoms with E-state index in [-0.39, 0.29) is 67.2 Å². The predicted octanol–water partition coefficient (Wildman–Crippen LogP) is 6.83. The van der Waals surface area contributed by atoms with Crippen LogP contribution in [0.4, 0.5) is 26.3 Å². The van der Waals surface area contributed by atoms with Crippen molar-refractivity contribution in [2.45, 2.75) is 37.8 Å². The maximum Gasteiger partial charge on any atom is 0.419 e. The van der Waals surface area contributed by atoms with Crippen molar-refractivity contribution in [3.05, 3.63) is 88.2 Å². The van der Waals surface area contributed by atoms with Crippen LogP contribution in [0.3, 0.4) is 0 Å². The van der Waals surface area contributed by atoms with Crippen LogP contribution in [0.5, 0.6) is 11.5 Å². The molecule has 0 bridgehead atoms. The Balaban J connectivity index is 0.00000267. The zero-order valence-corrected chi connectivity index (χ0v) is 28.6. The Hall–Kier alpha value is -2.97. The van der Waals surface area contributed by atoms with Gasteiger partial charge in [0.25, 0.3) is 5.91 Å². The molecular formula is C32H37Cl3F6N4O3. The van der Waals surface area contributed by atoms with Crippen molar-refractivity contribution in [1.82, 2.24) is 19.7 Å². The van der Waals surface area contributed by atoms with Crippen LogP contribution in [-0.4, -0.2) is 85.1 Å². The summed E-state index contributed by atoms with van der Waals surface area (Å²) < 4.78 is 91.4. The highest BCUT2D eigenvalue weighted by Crippen LogP contribution is 2.37. The predicted molar refractivity (Wildman–Crippen MR) is 176 cm³/mol. The zero-order chi connectivity index (χ0) is 32.4. The lowest BCUT2D eigenvalue weighted by atomic mass is 9.98. The van der Waals surface area contributed by atoms with Gasteiger partial charge in [0.2, 0.25) is 0 Å². The van der Waals surface area contributed by atoms with Crippen molar-refractivity contribution in [2.75, 3.05) is 53.5 Å². The number of hydrogen-bond acceptors (Lipinski definition) is 6. The van der Waals surface area contributed by atoms with Crippen LogP contribution >= 0.6 is 37.2 Å². The number of fused-ring (bicyclic) bond motifs is 1. The molecule has 0 radical (unpaired) electrons. The Labute approximate surface area is 293 Å². The molecule has 266 valence electrons. The summed E-state index contributed by atoms with van der Waals surface area (Å²) in [7, 11) is 2.38. The number of halogens is 9. The van der Waals surface area contributed by atoms with Crippen molar-refractivity contribution in [2.24, 2.45) is 0 Å². The summed E-state index contributed by atoms with van der Waals surface area (Å²) >= 11 is 0. The fraction of sp³-hybridized carbons (Fsp3) is 0.438. The molecule has 1 fully saturated rings. The summed E-state index contributed by atoms with van der Waals surface area (Å²) in [5.41, 5.74) is 0.688. The normalized spacial score (nSPS) is 16.9. The number of pyridine rings is 1. The Bertz CT molecular complexity index is 1530. The van der Waals surface area contributed by atoms with Gasteiger partial charge in [0.15, 0.2) is 0 Å². The highest BCUT2D eigenvalue weighted by atomic mass is 35.5. The second-order valence-corrected chi connectivity index (χ2v) is 11.3. The quantitative estimate of drug-likeness (QED) is 0.236. The fourth-order valence-electron chi connectivity index (χ4n) is 6.00. The largest absolute Gasteiger partial charge is 0.497 e. The van der Waals surface area contributed by atoms with E-state index in [1.165, 1.54) is 35.8 Å². The van der Waals surface area contributed by atoms with Gasteiger partial charge in [0.05, 0.1) is 25.3 Å². The number of carbonyl (C=O) groups excluding carboxylic acids is 1. The van der Waals surface area contributed by atoms with E-state index in [0.717, 1.165) is 57.1 Å². The van der Waals surface area contributed by atoms with Gasteiger partial charge >= 0.3 is 12.4 Å². The molecule has 0 aliphatic carbocycles. The first kappa shape index (κ1) is 41.2. The van der Waals surface area contributed by atoms with Gasteiger partial charge in [-0.15, -0.1) is 37.2 Å². The molecule has 1 amide bonds. The number of alkyl halides is 6. The third-order valence-electron chi connectivity index (χ3n) is 8.36. The Morgan fingerprint density at radius 3 is 2.27 bits per heavy atom. The molecular weight excluding hydrogens is 709 g/mol. The second kappa shape index (κ2) is 17.1. The number of nitrogens with zero attached hydrogens (tertiary/aromatic N) is 4. The topological polar surface area (TPSA) is 58.1 Å². The van der Waals surface area contributed by atoms with Gasteiger partial charge in [-0.25, -0.2) is 0 Å². The Morgan fingerprint density at radius 1 is 0.875 bits per heavy atom. The van der Waals surface area contributed by atoms with E-state index in [9.17, 15) is 31.1 Å². The fourth-order valence-corrected chi connectivity index (χ4v) is 6.00. The van der Waals surface area contributed by atoms with Crippen LogP contribution in [0.25, 0.3) is 0 Å². The first-order valence-electron chi connectivity index (χ1n) is 14.5. The third-order valence-corrected chi connectivity index (χ3v) is 8.36. The van der Waals surface area contributed by atoms with Gasteiger partial charge in [0.1, 0.15) is 11.5 Å². The summed E-state index contributed by atoms with van der Waals surface area (Å²) in [6, 6.07) is 9.95. The van der Waals surface area contributed by atoms with Crippen molar-refractivity contribution in [3.8, 4) is 11.5 Å². The van der Waals surface area contributed by atoms with Gasteiger partial charge in [-0.3, -0.25) is 19.6 Å². The maximum absolute atomic E-state index is 13.8. The van der Waals surface area contributed by atoms with Crippen molar-refractivity contribution >= 4 is 43.1 Å². The first-order valence-corrected chi connectivity index (χ1v) is 14.5. The molecule has 1 saturated heterocycles. The minimum Gasteiger partial charge on any atom is -0.497 e. The van der Waals surface area contributed by atoms with Crippen molar-refractivity contribution in [1.29, 1.82) is 0 Å². The molecule has 5 rings (SSSR count). The molecule has 48 heavy (non-hydrogen) atoms. The molecule has 0 spiro atoms. The molecule has 16 heteroatoms. The number of hydrogen-bond donors (Lipinski definition) is 0. The summed E-state index contributed by atoms with van der Waals surface area (Å²) in [6.07, 6.45) is -6.49.